The van der Waals surface area contributed by atoms with E-state index in [1.807, 2.05) is 11.8 Å². The molecule has 5 rings (SSSR count). The molecule has 1 fully saturated rings. The van der Waals surface area contributed by atoms with Gasteiger partial charge in [0.1, 0.15) is 18.9 Å². The molecular formula is C49H64ClF3N8O9. The van der Waals surface area contributed by atoms with E-state index in [0.29, 0.717) is 101 Å². The summed E-state index contributed by atoms with van der Waals surface area (Å²) in [5.41, 5.74) is 2.21. The van der Waals surface area contributed by atoms with Gasteiger partial charge in [0.25, 0.3) is 5.91 Å². The Morgan fingerprint density at radius 1 is 0.729 bits per heavy atom. The first-order valence-electron chi connectivity index (χ1n) is 23.6. The van der Waals surface area contributed by atoms with Gasteiger partial charge >= 0.3 is 18.4 Å². The maximum Gasteiger partial charge on any atom is 0.416 e. The summed E-state index contributed by atoms with van der Waals surface area (Å²) in [5.74, 6) is 6.23. The van der Waals surface area contributed by atoms with E-state index >= 15 is 0 Å². The van der Waals surface area contributed by atoms with E-state index in [-0.39, 0.29) is 63.0 Å². The van der Waals surface area contributed by atoms with E-state index in [0.717, 1.165) is 37.3 Å². The summed E-state index contributed by atoms with van der Waals surface area (Å²) in [6.07, 6.45) is 2.40. The fourth-order valence-corrected chi connectivity index (χ4v) is 7.31. The number of hydrogen-bond acceptors (Lipinski definition) is 13. The first-order valence-corrected chi connectivity index (χ1v) is 24.1. The molecule has 2 aromatic carbocycles. The van der Waals surface area contributed by atoms with Crippen molar-refractivity contribution in [2.24, 2.45) is 0 Å². The summed E-state index contributed by atoms with van der Waals surface area (Å²) in [7, 11) is 0. The Labute approximate surface area is 412 Å². The number of carbonyl (C=O) groups excluding carboxylic acids is 3. The van der Waals surface area contributed by atoms with Gasteiger partial charge in [-0.2, -0.15) is 18.3 Å². The highest BCUT2D eigenvalue weighted by Crippen LogP contribution is 2.35. The summed E-state index contributed by atoms with van der Waals surface area (Å²) in [6.45, 7) is 8.92. The number of nitrogens with zero attached hydrogens (tertiary/aromatic N) is 5. The number of aryl methyl sites for hydroxylation is 1. The quantitative estimate of drug-likeness (QED) is 0.0304. The number of nitrogens with one attached hydrogen (secondary N) is 3. The van der Waals surface area contributed by atoms with Gasteiger partial charge in [-0.15, -0.1) is 11.6 Å². The Kier molecular flexibility index (Phi) is 24.5. The first kappa shape index (κ1) is 55.4. The maximum atomic E-state index is 14.4. The number of piperazine rings is 1. The molecule has 21 heteroatoms. The molecular weight excluding hydrogens is 937 g/mol. The number of aromatic nitrogens is 3. The zero-order valence-electron chi connectivity index (χ0n) is 39.7. The molecule has 382 valence electrons. The summed E-state index contributed by atoms with van der Waals surface area (Å²) in [5, 5.41) is 12.2. The SMILES string of the molecule is Cc1ccc(C(=O)Nc2ccc(CN3CCN(CCCNC(=O)OCCOCCOCCOC(=O)NCCOCCOCCCCCCCl)CC3)c(C(F)(F)F)c2)cc1C#Cc1cnc2cccnn12. The third-order valence-electron chi connectivity index (χ3n) is 10.9. The van der Waals surface area contributed by atoms with Gasteiger partial charge in [-0.05, 0) is 86.2 Å². The van der Waals surface area contributed by atoms with Crippen LogP contribution in [-0.2, 0) is 41.1 Å². The minimum Gasteiger partial charge on any atom is -0.447 e. The predicted octanol–water partition coefficient (Wildman–Crippen LogP) is 6.53. The number of carbonyl (C=O) groups is 3. The van der Waals surface area contributed by atoms with Crippen LogP contribution in [0.5, 0.6) is 0 Å². The van der Waals surface area contributed by atoms with E-state index in [9.17, 15) is 27.6 Å². The van der Waals surface area contributed by atoms with Crippen LogP contribution in [0.4, 0.5) is 28.4 Å². The normalized spacial score (nSPS) is 13.2. The number of imidazole rings is 1. The van der Waals surface area contributed by atoms with Gasteiger partial charge < -0.3 is 49.3 Å². The number of halogens is 4. The van der Waals surface area contributed by atoms with Gasteiger partial charge in [-0.25, -0.2) is 19.1 Å². The number of ether oxygens (including phenoxy) is 6. The molecule has 0 unspecified atom stereocenters. The van der Waals surface area contributed by atoms with Crippen LogP contribution < -0.4 is 16.0 Å². The van der Waals surface area contributed by atoms with Crippen LogP contribution in [0, 0.1) is 18.8 Å². The lowest BCUT2D eigenvalue weighted by molar-refractivity contribution is -0.138. The highest BCUT2D eigenvalue weighted by molar-refractivity contribution is 6.17. The molecule has 0 radical (unpaired) electrons. The van der Waals surface area contributed by atoms with Crippen molar-refractivity contribution in [2.75, 3.05) is 123 Å². The molecule has 0 saturated carbocycles. The summed E-state index contributed by atoms with van der Waals surface area (Å²) < 4.78 is 76.6. The molecule has 70 heavy (non-hydrogen) atoms. The van der Waals surface area contributed by atoms with Crippen molar-refractivity contribution in [1.29, 1.82) is 0 Å². The lowest BCUT2D eigenvalue weighted by atomic mass is 10.0. The average molecular weight is 1000 g/mol. The third kappa shape index (κ3) is 20.4. The Morgan fingerprint density at radius 2 is 1.39 bits per heavy atom. The maximum absolute atomic E-state index is 14.4. The molecule has 1 aliphatic rings. The standard InChI is InChI=1S/C49H64ClF3N8O9/c1-38-9-10-40(34-39(38)12-14-43-36-56-45-8-6-17-57-61(43)45)46(62)58-42-13-11-41(44(35-42)49(51,52)53)37-60-22-20-59(21-23-60)19-7-16-54-47(63)69-32-30-67-28-29-68-31-33-70-48(64)55-18-25-66-27-26-65-24-5-3-2-4-15-50/h6,8-11,13,17,34-36H,2-5,7,15-16,18-33,37H2,1H3,(H,54,63)(H,55,64)(H,58,62). The second-order valence-electron chi connectivity index (χ2n) is 16.2. The third-order valence-corrected chi connectivity index (χ3v) is 11.2. The van der Waals surface area contributed by atoms with Gasteiger partial charge in [0.05, 0.1) is 58.0 Å². The molecule has 3 N–H and O–H groups in total. The van der Waals surface area contributed by atoms with Gasteiger partial charge in [-0.3, -0.25) is 9.69 Å². The van der Waals surface area contributed by atoms with Gasteiger partial charge in [0, 0.05) is 81.3 Å². The lowest BCUT2D eigenvalue weighted by Crippen LogP contribution is -2.46. The smallest absolute Gasteiger partial charge is 0.416 e. The Morgan fingerprint density at radius 3 is 2.10 bits per heavy atom. The number of benzene rings is 2. The van der Waals surface area contributed by atoms with Gasteiger partial charge in [-0.1, -0.05) is 30.9 Å². The predicted molar refractivity (Wildman–Crippen MR) is 257 cm³/mol. The van der Waals surface area contributed by atoms with Crippen molar-refractivity contribution in [3.05, 3.63) is 94.4 Å². The number of rotatable bonds is 29. The van der Waals surface area contributed by atoms with Crippen molar-refractivity contribution in [3.63, 3.8) is 0 Å². The van der Waals surface area contributed by atoms with Crippen LogP contribution in [0.25, 0.3) is 5.65 Å². The number of anilines is 1. The van der Waals surface area contributed by atoms with Crippen LogP contribution in [-0.4, -0.2) is 160 Å². The summed E-state index contributed by atoms with van der Waals surface area (Å²) in [4.78, 5) is 45.6. The minimum absolute atomic E-state index is 0.0303. The number of amides is 3. The molecule has 3 amide bonds. The number of fused-ring (bicyclic) bond motifs is 1. The first-order chi connectivity index (χ1) is 34.0. The van der Waals surface area contributed by atoms with E-state index in [2.05, 4.69) is 42.8 Å². The minimum atomic E-state index is -4.63. The van der Waals surface area contributed by atoms with Crippen LogP contribution in [0.2, 0.25) is 0 Å². The number of hydrogen-bond donors (Lipinski definition) is 3. The zero-order chi connectivity index (χ0) is 49.8. The highest BCUT2D eigenvalue weighted by Gasteiger charge is 2.34. The van der Waals surface area contributed by atoms with Gasteiger partial charge in [0.15, 0.2) is 5.65 Å². The van der Waals surface area contributed by atoms with E-state index in [1.54, 1.807) is 47.2 Å². The van der Waals surface area contributed by atoms with Gasteiger partial charge in [0.2, 0.25) is 0 Å². The second-order valence-corrected chi connectivity index (χ2v) is 16.6. The van der Waals surface area contributed by atoms with E-state index in [4.69, 9.17) is 40.0 Å². The van der Waals surface area contributed by atoms with E-state index in [1.165, 1.54) is 12.1 Å². The zero-order valence-corrected chi connectivity index (χ0v) is 40.4. The van der Waals surface area contributed by atoms with Crippen molar-refractivity contribution in [2.45, 2.75) is 51.7 Å². The highest BCUT2D eigenvalue weighted by atomic mass is 35.5. The number of unbranched alkanes of at least 4 members (excludes halogenated alkanes) is 3. The van der Waals surface area contributed by atoms with Crippen LogP contribution in [0.15, 0.2) is 60.9 Å². The number of alkyl halides is 4. The molecule has 17 nitrogen and oxygen atoms in total. The van der Waals surface area contributed by atoms with Crippen molar-refractivity contribution >= 4 is 41.0 Å². The van der Waals surface area contributed by atoms with Crippen LogP contribution in [0.3, 0.4) is 0 Å². The molecule has 0 atom stereocenters. The van der Waals surface area contributed by atoms with Crippen molar-refractivity contribution < 1.29 is 56.0 Å². The molecule has 0 bridgehead atoms. The molecule has 1 aliphatic heterocycles. The Balaban J connectivity index is 0.874. The average Bonchev–Trinajstić information content (AvgIpc) is 3.77. The molecule has 2 aromatic heterocycles. The van der Waals surface area contributed by atoms with E-state index < -0.39 is 29.8 Å². The topological polar surface area (TPSA) is 179 Å². The summed E-state index contributed by atoms with van der Waals surface area (Å²) in [6, 6.07) is 12.4. The lowest BCUT2D eigenvalue weighted by Gasteiger charge is -2.35. The Bertz CT molecular complexity index is 2290. The molecule has 1 saturated heterocycles. The monoisotopic (exact) mass is 1000 g/mol. The van der Waals surface area contributed by atoms with Crippen LogP contribution in [0.1, 0.15) is 70.4 Å². The largest absolute Gasteiger partial charge is 0.447 e. The molecule has 0 aliphatic carbocycles. The summed E-state index contributed by atoms with van der Waals surface area (Å²) >= 11 is 5.66. The Hall–Kier alpha value is -5.53. The molecule has 0 spiro atoms. The fraction of sp³-hybridized carbons (Fsp3) is 0.531. The molecule has 4 aromatic rings. The van der Waals surface area contributed by atoms with Crippen molar-refractivity contribution in [3.8, 4) is 11.8 Å². The van der Waals surface area contributed by atoms with Crippen LogP contribution >= 0.6 is 11.6 Å². The fourth-order valence-electron chi connectivity index (χ4n) is 7.12. The second kappa shape index (κ2) is 30.9. The molecule has 3 heterocycles. The number of alkyl carbamates (subject to hydrolysis) is 2. The van der Waals surface area contributed by atoms with Crippen molar-refractivity contribution in [1.82, 2.24) is 35.0 Å².